The summed E-state index contributed by atoms with van der Waals surface area (Å²) in [6.45, 7) is 3.64. The van der Waals surface area contributed by atoms with E-state index < -0.39 is 17.9 Å². The number of morpholine rings is 1. The molecule has 1 aliphatic heterocycles. The predicted octanol–water partition coefficient (Wildman–Crippen LogP) is 0.897. The van der Waals surface area contributed by atoms with Gasteiger partial charge in [-0.1, -0.05) is 0 Å². The number of amides is 3. The minimum absolute atomic E-state index is 0.0106. The smallest absolute Gasteiger partial charge is 0.331 e. The normalized spacial score (nSPS) is 25.9. The molecular weight excluding hydrogens is 276 g/mol. The number of ether oxygens (including phenoxy) is 1. The van der Waals surface area contributed by atoms with Crippen LogP contribution in [0.4, 0.5) is 4.79 Å². The van der Waals surface area contributed by atoms with Gasteiger partial charge in [0.25, 0.3) is 5.91 Å². The zero-order valence-electron chi connectivity index (χ0n) is 12.2. The van der Waals surface area contributed by atoms with Crippen LogP contribution in [0.2, 0.25) is 0 Å². The minimum Gasteiger partial charge on any atom is -0.478 e. The Morgan fingerprint density at radius 2 is 1.90 bits per heavy atom. The molecule has 116 valence electrons. The van der Waals surface area contributed by atoms with E-state index >= 15 is 0 Å². The lowest BCUT2D eigenvalue weighted by Crippen LogP contribution is -2.55. The minimum atomic E-state index is -1.17. The first kappa shape index (κ1) is 15.5. The molecule has 2 atom stereocenters. The SMILES string of the molecule is CC(C(=O)O)=C(C)C(=O)NC(=O)N1CCOC2CCCC21. The second-order valence-electron chi connectivity index (χ2n) is 5.42. The van der Waals surface area contributed by atoms with Crippen molar-refractivity contribution in [1.82, 2.24) is 10.2 Å². The van der Waals surface area contributed by atoms with E-state index in [0.717, 1.165) is 19.3 Å². The molecule has 0 bridgehead atoms. The van der Waals surface area contributed by atoms with Gasteiger partial charge in [0.1, 0.15) is 0 Å². The molecule has 0 aromatic carbocycles. The molecule has 21 heavy (non-hydrogen) atoms. The van der Waals surface area contributed by atoms with Crippen molar-refractivity contribution in [2.24, 2.45) is 0 Å². The predicted molar refractivity (Wildman–Crippen MR) is 73.6 cm³/mol. The van der Waals surface area contributed by atoms with E-state index in [9.17, 15) is 14.4 Å². The van der Waals surface area contributed by atoms with Crippen molar-refractivity contribution in [2.45, 2.75) is 45.3 Å². The standard InChI is InChI=1S/C14H20N2O5/c1-8(9(2)13(18)19)12(17)15-14(20)16-6-7-21-11-5-3-4-10(11)16/h10-11H,3-7H2,1-2H3,(H,18,19)(H,15,17,20). The highest BCUT2D eigenvalue weighted by Gasteiger charge is 2.38. The first-order valence-electron chi connectivity index (χ1n) is 7.06. The third-order valence-electron chi connectivity index (χ3n) is 4.19. The van der Waals surface area contributed by atoms with Crippen molar-refractivity contribution in [1.29, 1.82) is 0 Å². The number of hydrogen-bond acceptors (Lipinski definition) is 4. The van der Waals surface area contributed by atoms with E-state index in [1.807, 2.05) is 0 Å². The molecule has 7 nitrogen and oxygen atoms in total. The van der Waals surface area contributed by atoms with E-state index in [-0.39, 0.29) is 23.3 Å². The number of carbonyl (C=O) groups is 3. The molecule has 3 amide bonds. The van der Waals surface area contributed by atoms with Crippen LogP contribution in [0.15, 0.2) is 11.1 Å². The summed E-state index contributed by atoms with van der Waals surface area (Å²) in [5.41, 5.74) is -0.0342. The Bertz CT molecular complexity index is 500. The fourth-order valence-electron chi connectivity index (χ4n) is 2.77. The average Bonchev–Trinajstić information content (AvgIpc) is 2.93. The lowest BCUT2D eigenvalue weighted by Gasteiger charge is -2.37. The molecule has 1 saturated carbocycles. The lowest BCUT2D eigenvalue weighted by atomic mass is 10.1. The molecule has 7 heteroatoms. The average molecular weight is 296 g/mol. The lowest BCUT2D eigenvalue weighted by molar-refractivity contribution is -0.133. The zero-order chi connectivity index (χ0) is 15.6. The fraction of sp³-hybridized carbons (Fsp3) is 0.643. The van der Waals surface area contributed by atoms with E-state index in [4.69, 9.17) is 9.84 Å². The van der Waals surface area contributed by atoms with Gasteiger partial charge >= 0.3 is 12.0 Å². The fourth-order valence-corrected chi connectivity index (χ4v) is 2.77. The van der Waals surface area contributed by atoms with E-state index in [0.29, 0.717) is 13.2 Å². The Balaban J connectivity index is 2.02. The number of nitrogens with zero attached hydrogens (tertiary/aromatic N) is 1. The highest BCUT2D eigenvalue weighted by Crippen LogP contribution is 2.29. The number of aliphatic carboxylic acids is 1. The molecular formula is C14H20N2O5. The van der Waals surface area contributed by atoms with Crippen molar-refractivity contribution < 1.29 is 24.2 Å². The van der Waals surface area contributed by atoms with Gasteiger partial charge in [-0.3, -0.25) is 10.1 Å². The largest absolute Gasteiger partial charge is 0.478 e. The topological polar surface area (TPSA) is 95.9 Å². The van der Waals surface area contributed by atoms with E-state index in [2.05, 4.69) is 5.32 Å². The number of hydrogen-bond donors (Lipinski definition) is 2. The molecule has 2 rings (SSSR count). The second kappa shape index (κ2) is 6.26. The third-order valence-corrected chi connectivity index (χ3v) is 4.19. The molecule has 2 unspecified atom stereocenters. The van der Waals surface area contributed by atoms with Crippen LogP contribution in [0.1, 0.15) is 33.1 Å². The highest BCUT2D eigenvalue weighted by molar-refractivity contribution is 6.07. The van der Waals surface area contributed by atoms with Crippen LogP contribution in [0.25, 0.3) is 0 Å². The van der Waals surface area contributed by atoms with Crippen LogP contribution >= 0.6 is 0 Å². The van der Waals surface area contributed by atoms with Crippen LogP contribution in [-0.2, 0) is 14.3 Å². The van der Waals surface area contributed by atoms with Gasteiger partial charge in [-0.25, -0.2) is 9.59 Å². The third kappa shape index (κ3) is 3.24. The Kier molecular flexibility index (Phi) is 4.62. The Labute approximate surface area is 122 Å². The van der Waals surface area contributed by atoms with Gasteiger partial charge in [-0.15, -0.1) is 0 Å². The number of fused-ring (bicyclic) bond motifs is 1. The van der Waals surface area contributed by atoms with Gasteiger partial charge < -0.3 is 14.7 Å². The molecule has 1 aliphatic carbocycles. The molecule has 1 saturated heterocycles. The maximum Gasteiger partial charge on any atom is 0.331 e. The Hall–Kier alpha value is -1.89. The Morgan fingerprint density at radius 3 is 2.57 bits per heavy atom. The number of carboxylic acid groups (broad SMARTS) is 1. The molecule has 1 heterocycles. The number of rotatable bonds is 2. The number of nitrogens with one attached hydrogen (secondary N) is 1. The van der Waals surface area contributed by atoms with Crippen LogP contribution in [0.5, 0.6) is 0 Å². The van der Waals surface area contributed by atoms with Crippen LogP contribution in [0.3, 0.4) is 0 Å². The quantitative estimate of drug-likeness (QED) is 0.738. The molecule has 0 aromatic heterocycles. The van der Waals surface area contributed by atoms with Crippen molar-refractivity contribution in [2.75, 3.05) is 13.2 Å². The summed E-state index contributed by atoms with van der Waals surface area (Å²) < 4.78 is 5.61. The molecule has 2 N–H and O–H groups in total. The van der Waals surface area contributed by atoms with Gasteiger partial charge in [0, 0.05) is 17.7 Å². The number of carboxylic acids is 1. The molecule has 0 spiro atoms. The van der Waals surface area contributed by atoms with Gasteiger partial charge in [0.15, 0.2) is 0 Å². The first-order chi connectivity index (χ1) is 9.91. The van der Waals surface area contributed by atoms with Gasteiger partial charge in [0.05, 0.1) is 18.8 Å². The van der Waals surface area contributed by atoms with Crippen molar-refractivity contribution in [3.8, 4) is 0 Å². The van der Waals surface area contributed by atoms with Crippen LogP contribution in [-0.4, -0.2) is 53.2 Å². The monoisotopic (exact) mass is 296 g/mol. The Morgan fingerprint density at radius 1 is 1.19 bits per heavy atom. The van der Waals surface area contributed by atoms with Crippen molar-refractivity contribution in [3.05, 3.63) is 11.1 Å². The van der Waals surface area contributed by atoms with Gasteiger partial charge in [-0.2, -0.15) is 0 Å². The summed E-state index contributed by atoms with van der Waals surface area (Å²) >= 11 is 0. The first-order valence-corrected chi connectivity index (χ1v) is 7.06. The maximum atomic E-state index is 12.2. The number of carbonyl (C=O) groups excluding carboxylic acids is 2. The van der Waals surface area contributed by atoms with E-state index in [1.165, 1.54) is 13.8 Å². The molecule has 2 fully saturated rings. The summed E-state index contributed by atoms with van der Waals surface area (Å²) in [4.78, 5) is 36.6. The van der Waals surface area contributed by atoms with Crippen molar-refractivity contribution in [3.63, 3.8) is 0 Å². The van der Waals surface area contributed by atoms with Gasteiger partial charge in [-0.05, 0) is 33.1 Å². The van der Waals surface area contributed by atoms with Crippen molar-refractivity contribution >= 4 is 17.9 Å². The highest BCUT2D eigenvalue weighted by atomic mass is 16.5. The summed E-state index contributed by atoms with van der Waals surface area (Å²) in [7, 11) is 0. The summed E-state index contributed by atoms with van der Waals surface area (Å²) in [5.74, 6) is -1.83. The zero-order valence-corrected chi connectivity index (χ0v) is 12.2. The number of urea groups is 1. The van der Waals surface area contributed by atoms with Crippen LogP contribution in [0, 0.1) is 0 Å². The molecule has 0 radical (unpaired) electrons. The van der Waals surface area contributed by atoms with Crippen LogP contribution < -0.4 is 5.32 Å². The molecule has 2 aliphatic rings. The summed E-state index contributed by atoms with van der Waals surface area (Å²) in [5, 5.41) is 11.1. The van der Waals surface area contributed by atoms with E-state index in [1.54, 1.807) is 4.90 Å². The summed E-state index contributed by atoms with van der Waals surface area (Å²) in [6.07, 6.45) is 2.86. The maximum absolute atomic E-state index is 12.2. The molecule has 0 aromatic rings. The number of imide groups is 1. The second-order valence-corrected chi connectivity index (χ2v) is 5.42. The van der Waals surface area contributed by atoms with Gasteiger partial charge in [0.2, 0.25) is 0 Å². The summed E-state index contributed by atoms with van der Waals surface area (Å²) in [6, 6.07) is -0.464.